The van der Waals surface area contributed by atoms with E-state index in [4.69, 9.17) is 9.47 Å². The third-order valence-corrected chi connectivity index (χ3v) is 2.96. The first-order valence-electron chi connectivity index (χ1n) is 6.04. The van der Waals surface area contributed by atoms with Crippen molar-refractivity contribution in [3.05, 3.63) is 41.2 Å². The lowest BCUT2D eigenvalue weighted by molar-refractivity contribution is 0.0684. The minimum atomic E-state index is -1.01. The molecule has 20 heavy (non-hydrogen) atoms. The molecule has 0 saturated heterocycles. The second-order valence-electron chi connectivity index (χ2n) is 4.27. The molecule has 0 amide bonds. The minimum Gasteiger partial charge on any atom is -0.496 e. The van der Waals surface area contributed by atoms with E-state index in [0.717, 1.165) is 5.56 Å². The first kappa shape index (κ1) is 13.9. The summed E-state index contributed by atoms with van der Waals surface area (Å²) in [6.45, 7) is 2.02. The Bertz CT molecular complexity index is 612. The fraction of sp³-hybridized carbons (Fsp3) is 0.286. The van der Waals surface area contributed by atoms with Crippen LogP contribution in [0.1, 0.15) is 21.7 Å². The molecule has 1 aromatic heterocycles. The zero-order valence-electron chi connectivity index (χ0n) is 11.6. The van der Waals surface area contributed by atoms with Crippen molar-refractivity contribution < 1.29 is 19.4 Å². The first-order chi connectivity index (χ1) is 9.56. The molecule has 0 aliphatic heterocycles. The number of aryl methyl sites for hydroxylation is 1. The highest BCUT2D eigenvalue weighted by molar-refractivity contribution is 5.85. The van der Waals surface area contributed by atoms with Gasteiger partial charge >= 0.3 is 5.97 Å². The Morgan fingerprint density at radius 1 is 1.30 bits per heavy atom. The molecule has 0 aliphatic carbocycles. The van der Waals surface area contributed by atoms with Crippen LogP contribution < -0.4 is 9.47 Å². The minimum absolute atomic E-state index is 0.135. The number of rotatable bonds is 5. The number of carbonyl (C=O) groups is 1. The summed E-state index contributed by atoms with van der Waals surface area (Å²) in [5, 5.41) is 13.4. The second kappa shape index (κ2) is 5.64. The van der Waals surface area contributed by atoms with Gasteiger partial charge in [-0.3, -0.25) is 4.68 Å². The predicted octanol–water partition coefficient (Wildman–Crippen LogP) is 1.96. The van der Waals surface area contributed by atoms with Crippen molar-refractivity contribution in [2.24, 2.45) is 0 Å². The van der Waals surface area contributed by atoms with E-state index < -0.39 is 5.97 Å². The number of methoxy groups -OCH3 is 2. The maximum Gasteiger partial charge on any atom is 0.354 e. The molecule has 6 nitrogen and oxygen atoms in total. The van der Waals surface area contributed by atoms with Crippen LogP contribution >= 0.6 is 0 Å². The lowest BCUT2D eigenvalue weighted by atomic mass is 10.1. The molecule has 0 aliphatic rings. The Kier molecular flexibility index (Phi) is 3.93. The van der Waals surface area contributed by atoms with Crippen LogP contribution in [0.4, 0.5) is 0 Å². The van der Waals surface area contributed by atoms with Gasteiger partial charge in [-0.15, -0.1) is 0 Å². The van der Waals surface area contributed by atoms with E-state index in [2.05, 4.69) is 5.10 Å². The smallest absolute Gasteiger partial charge is 0.354 e. The lowest BCUT2D eigenvalue weighted by Crippen LogP contribution is -2.12. The van der Waals surface area contributed by atoms with Crippen LogP contribution in [0.2, 0.25) is 0 Å². The van der Waals surface area contributed by atoms with Crippen LogP contribution in [0.3, 0.4) is 0 Å². The van der Waals surface area contributed by atoms with E-state index in [1.54, 1.807) is 33.3 Å². The Hall–Kier alpha value is -2.50. The molecule has 0 unspecified atom stereocenters. The van der Waals surface area contributed by atoms with Crippen LogP contribution in [0.15, 0.2) is 24.3 Å². The van der Waals surface area contributed by atoms with E-state index in [9.17, 15) is 9.90 Å². The summed E-state index contributed by atoms with van der Waals surface area (Å²) < 4.78 is 12.0. The molecular weight excluding hydrogens is 260 g/mol. The summed E-state index contributed by atoms with van der Waals surface area (Å²) in [5.74, 6) is 0.252. The van der Waals surface area contributed by atoms with Gasteiger partial charge in [0.2, 0.25) is 0 Å². The summed E-state index contributed by atoms with van der Waals surface area (Å²) in [6, 6.07) is 6.95. The zero-order valence-corrected chi connectivity index (χ0v) is 11.6. The van der Waals surface area contributed by atoms with Crippen molar-refractivity contribution in [2.75, 3.05) is 14.2 Å². The molecule has 2 rings (SSSR count). The number of aromatic carboxylic acids is 1. The summed E-state index contributed by atoms with van der Waals surface area (Å²) >= 11 is 0. The van der Waals surface area contributed by atoms with Gasteiger partial charge in [0, 0.05) is 0 Å². The second-order valence-corrected chi connectivity index (χ2v) is 4.27. The lowest BCUT2D eigenvalue weighted by Gasteiger charge is -2.13. The molecule has 6 heteroatoms. The maximum absolute atomic E-state index is 11.2. The monoisotopic (exact) mass is 276 g/mol. The number of benzene rings is 1. The molecule has 1 heterocycles. The first-order valence-corrected chi connectivity index (χ1v) is 6.04. The van der Waals surface area contributed by atoms with Crippen LogP contribution in [-0.2, 0) is 6.54 Å². The van der Waals surface area contributed by atoms with E-state index in [-0.39, 0.29) is 12.2 Å². The van der Waals surface area contributed by atoms with E-state index in [1.807, 2.05) is 6.07 Å². The van der Waals surface area contributed by atoms with Gasteiger partial charge in [-0.2, -0.15) is 5.10 Å². The van der Waals surface area contributed by atoms with E-state index >= 15 is 0 Å². The highest BCUT2D eigenvalue weighted by Crippen LogP contribution is 2.29. The summed E-state index contributed by atoms with van der Waals surface area (Å²) in [5.41, 5.74) is 1.54. The van der Waals surface area contributed by atoms with Gasteiger partial charge in [0.05, 0.1) is 32.0 Å². The van der Waals surface area contributed by atoms with E-state index in [0.29, 0.717) is 17.2 Å². The average molecular weight is 276 g/mol. The van der Waals surface area contributed by atoms with Crippen molar-refractivity contribution in [2.45, 2.75) is 13.5 Å². The number of aromatic nitrogens is 2. The number of carboxylic acids is 1. The third kappa shape index (κ3) is 2.59. The topological polar surface area (TPSA) is 73.6 Å². The quantitative estimate of drug-likeness (QED) is 0.903. The van der Waals surface area contributed by atoms with Crippen molar-refractivity contribution in [3.63, 3.8) is 0 Å². The summed E-state index contributed by atoms with van der Waals surface area (Å²) in [4.78, 5) is 11.2. The number of carboxylic acid groups (broad SMARTS) is 1. The summed E-state index contributed by atoms with van der Waals surface area (Å²) in [6.07, 6.45) is 0. The van der Waals surface area contributed by atoms with Crippen LogP contribution in [0.5, 0.6) is 11.5 Å². The largest absolute Gasteiger partial charge is 0.496 e. The Morgan fingerprint density at radius 3 is 2.40 bits per heavy atom. The number of hydrogen-bond donors (Lipinski definition) is 1. The molecule has 1 aromatic carbocycles. The average Bonchev–Trinajstić information content (AvgIpc) is 2.80. The normalized spacial score (nSPS) is 10.3. The maximum atomic E-state index is 11.2. The fourth-order valence-corrected chi connectivity index (χ4v) is 2.07. The molecule has 0 radical (unpaired) electrons. The van der Waals surface area contributed by atoms with Crippen molar-refractivity contribution in [3.8, 4) is 11.5 Å². The van der Waals surface area contributed by atoms with Crippen LogP contribution in [0, 0.1) is 6.92 Å². The summed E-state index contributed by atoms with van der Waals surface area (Å²) in [7, 11) is 3.12. The molecule has 106 valence electrons. The molecule has 0 fully saturated rings. The van der Waals surface area contributed by atoms with E-state index in [1.165, 1.54) is 10.7 Å². The molecule has 1 N–H and O–H groups in total. The number of hydrogen-bond acceptors (Lipinski definition) is 4. The molecule has 2 aromatic rings. The zero-order chi connectivity index (χ0) is 14.7. The van der Waals surface area contributed by atoms with Crippen LogP contribution in [-0.4, -0.2) is 35.1 Å². The van der Waals surface area contributed by atoms with Crippen molar-refractivity contribution in [1.82, 2.24) is 9.78 Å². The van der Waals surface area contributed by atoms with Crippen molar-refractivity contribution >= 4 is 5.97 Å². The van der Waals surface area contributed by atoms with Crippen LogP contribution in [0.25, 0.3) is 0 Å². The highest BCUT2D eigenvalue weighted by Gasteiger charge is 2.17. The molecule has 0 atom stereocenters. The predicted molar refractivity (Wildman–Crippen MR) is 72.6 cm³/mol. The molecule has 0 saturated carbocycles. The van der Waals surface area contributed by atoms with Gasteiger partial charge in [0.1, 0.15) is 17.2 Å². The van der Waals surface area contributed by atoms with Crippen molar-refractivity contribution in [1.29, 1.82) is 0 Å². The van der Waals surface area contributed by atoms with Gasteiger partial charge in [-0.25, -0.2) is 4.79 Å². The SMILES string of the molecule is COc1cccc(OC)c1Cn1nc(C)cc1C(=O)O. The molecular formula is C14H16N2O4. The Balaban J connectivity index is 2.47. The number of ether oxygens (including phenoxy) is 2. The Labute approximate surface area is 116 Å². The molecule has 0 spiro atoms. The van der Waals surface area contributed by atoms with Gasteiger partial charge < -0.3 is 14.6 Å². The van der Waals surface area contributed by atoms with Gasteiger partial charge in [-0.05, 0) is 25.1 Å². The third-order valence-electron chi connectivity index (χ3n) is 2.96. The fourth-order valence-electron chi connectivity index (χ4n) is 2.07. The highest BCUT2D eigenvalue weighted by atomic mass is 16.5. The molecule has 0 bridgehead atoms. The van der Waals surface area contributed by atoms with Gasteiger partial charge in [0.15, 0.2) is 0 Å². The van der Waals surface area contributed by atoms with Gasteiger partial charge in [0.25, 0.3) is 0 Å². The number of nitrogens with zero attached hydrogens (tertiary/aromatic N) is 2. The standard InChI is InChI=1S/C14H16N2O4/c1-9-7-11(14(17)18)16(15-9)8-10-12(19-2)5-4-6-13(10)20-3/h4-7H,8H2,1-3H3,(H,17,18). The Morgan fingerprint density at radius 2 is 1.90 bits per heavy atom. The van der Waals surface area contributed by atoms with Gasteiger partial charge in [-0.1, -0.05) is 6.07 Å².